The Morgan fingerprint density at radius 2 is 1.73 bits per heavy atom. The number of hydrogen-bond donors (Lipinski definition) is 1. The summed E-state index contributed by atoms with van der Waals surface area (Å²) in [5.41, 5.74) is 3.03. The van der Waals surface area contributed by atoms with E-state index in [0.717, 1.165) is 37.0 Å². The fraction of sp³-hybridized carbons (Fsp3) is 0. The number of carbonyl (C=O) groups excluding carboxylic acids is 1. The molecule has 146 valence electrons. The van der Waals surface area contributed by atoms with Gasteiger partial charge in [-0.3, -0.25) is 4.79 Å². The molecule has 0 atom stereocenters. The zero-order chi connectivity index (χ0) is 20.3. The normalized spacial score (nSPS) is 10.9. The molecule has 1 N–H and O–H groups in total. The molecule has 0 fully saturated rings. The zero-order valence-electron chi connectivity index (χ0n) is 15.6. The van der Waals surface area contributed by atoms with Crippen LogP contribution in [-0.4, -0.2) is 15.9 Å². The number of fused-ring (bicyclic) bond motifs is 1. The lowest BCUT2D eigenvalue weighted by Gasteiger charge is -2.11. The first-order valence-corrected chi connectivity index (χ1v) is 11.8. The van der Waals surface area contributed by atoms with E-state index >= 15 is 0 Å². The molecule has 2 aromatic carbocycles. The third-order valence-corrected chi connectivity index (χ3v) is 7.34. The molecule has 4 nitrogen and oxygen atoms in total. The van der Waals surface area contributed by atoms with Gasteiger partial charge in [-0.25, -0.2) is 9.97 Å². The van der Waals surface area contributed by atoms with Crippen LogP contribution in [0.2, 0.25) is 0 Å². The van der Waals surface area contributed by atoms with Crippen LogP contribution in [-0.2, 0) is 0 Å². The monoisotopic (exact) mass is 445 g/mol. The van der Waals surface area contributed by atoms with Crippen molar-refractivity contribution in [3.8, 4) is 11.1 Å². The Kier molecular flexibility index (Phi) is 5.31. The average molecular weight is 446 g/mol. The van der Waals surface area contributed by atoms with Gasteiger partial charge in [-0.1, -0.05) is 60.3 Å². The number of rotatable bonds is 5. The van der Waals surface area contributed by atoms with Gasteiger partial charge in [-0.2, -0.15) is 0 Å². The number of carbonyl (C=O) groups is 1. The zero-order valence-corrected chi connectivity index (χ0v) is 18.1. The van der Waals surface area contributed by atoms with Gasteiger partial charge in [0.25, 0.3) is 5.91 Å². The number of hydrogen-bond acceptors (Lipinski definition) is 6. The molecule has 3 heterocycles. The summed E-state index contributed by atoms with van der Waals surface area (Å²) in [5, 5.41) is 8.97. The molecule has 0 aliphatic heterocycles. The van der Waals surface area contributed by atoms with Crippen LogP contribution in [0.25, 0.3) is 21.3 Å². The van der Waals surface area contributed by atoms with E-state index < -0.39 is 0 Å². The molecule has 0 radical (unpaired) electrons. The van der Waals surface area contributed by atoms with Crippen LogP contribution >= 0.6 is 34.4 Å². The third-order valence-electron chi connectivity index (χ3n) is 4.51. The maximum Gasteiger partial charge on any atom is 0.265 e. The number of thiophene rings is 2. The molecular weight excluding hydrogens is 430 g/mol. The topological polar surface area (TPSA) is 54.9 Å². The number of anilines is 1. The second kappa shape index (κ2) is 8.39. The number of nitrogens with one attached hydrogen (secondary N) is 1. The summed E-state index contributed by atoms with van der Waals surface area (Å²) in [6.45, 7) is 0. The van der Waals surface area contributed by atoms with Gasteiger partial charge < -0.3 is 5.32 Å². The predicted molar refractivity (Wildman–Crippen MR) is 126 cm³/mol. The highest BCUT2D eigenvalue weighted by Crippen LogP contribution is 2.41. The van der Waals surface area contributed by atoms with Crippen molar-refractivity contribution in [2.75, 3.05) is 5.32 Å². The summed E-state index contributed by atoms with van der Waals surface area (Å²) in [6, 6.07) is 21.8. The first kappa shape index (κ1) is 19.0. The van der Waals surface area contributed by atoms with Crippen molar-refractivity contribution in [1.82, 2.24) is 9.97 Å². The number of nitrogens with zero attached hydrogens (tertiary/aromatic N) is 2. The van der Waals surface area contributed by atoms with Crippen LogP contribution in [0, 0.1) is 0 Å². The fourth-order valence-electron chi connectivity index (χ4n) is 3.11. The summed E-state index contributed by atoms with van der Waals surface area (Å²) in [7, 11) is 0. The van der Waals surface area contributed by atoms with E-state index in [4.69, 9.17) is 0 Å². The van der Waals surface area contributed by atoms with Crippen molar-refractivity contribution in [2.45, 2.75) is 9.92 Å². The molecule has 0 aliphatic rings. The highest BCUT2D eigenvalue weighted by molar-refractivity contribution is 7.99. The second-order valence-corrected chi connectivity index (χ2v) is 9.24. The van der Waals surface area contributed by atoms with Gasteiger partial charge in [0.05, 0.1) is 16.0 Å². The molecule has 5 aromatic rings. The largest absolute Gasteiger partial charge is 0.320 e. The van der Waals surface area contributed by atoms with Gasteiger partial charge in [0, 0.05) is 15.8 Å². The summed E-state index contributed by atoms with van der Waals surface area (Å²) < 4.78 is 0. The van der Waals surface area contributed by atoms with E-state index in [9.17, 15) is 4.79 Å². The number of benzene rings is 2. The SMILES string of the molecule is O=C(Nc1ccccc1Sc1ncnc2scc(-c3ccccc3)c12)c1cccs1. The molecule has 3 aromatic heterocycles. The van der Waals surface area contributed by atoms with Crippen LogP contribution in [0.5, 0.6) is 0 Å². The Balaban J connectivity index is 1.53. The van der Waals surface area contributed by atoms with E-state index in [1.54, 1.807) is 29.4 Å². The lowest BCUT2D eigenvalue weighted by Crippen LogP contribution is -2.10. The van der Waals surface area contributed by atoms with Gasteiger partial charge in [-0.15, -0.1) is 22.7 Å². The van der Waals surface area contributed by atoms with Gasteiger partial charge >= 0.3 is 0 Å². The summed E-state index contributed by atoms with van der Waals surface area (Å²) in [4.78, 5) is 24.2. The molecule has 7 heteroatoms. The lowest BCUT2D eigenvalue weighted by molar-refractivity contribution is 0.103. The van der Waals surface area contributed by atoms with Crippen molar-refractivity contribution >= 4 is 56.2 Å². The van der Waals surface area contributed by atoms with Gasteiger partial charge in [0.1, 0.15) is 16.2 Å². The van der Waals surface area contributed by atoms with Crippen molar-refractivity contribution in [3.05, 3.63) is 88.7 Å². The summed E-state index contributed by atoms with van der Waals surface area (Å²) in [6.07, 6.45) is 1.60. The molecule has 0 aliphatic carbocycles. The van der Waals surface area contributed by atoms with Crippen LogP contribution in [0.1, 0.15) is 9.67 Å². The molecule has 0 spiro atoms. The smallest absolute Gasteiger partial charge is 0.265 e. The highest BCUT2D eigenvalue weighted by atomic mass is 32.2. The first-order chi connectivity index (χ1) is 14.8. The Morgan fingerprint density at radius 1 is 0.900 bits per heavy atom. The van der Waals surface area contributed by atoms with Gasteiger partial charge in [-0.05, 0) is 29.1 Å². The standard InChI is InChI=1S/C23H15N3OS3/c27-21(19-11-6-12-28-19)26-17-9-4-5-10-18(17)30-23-20-16(15-7-2-1-3-8-15)13-29-22(20)24-14-25-23/h1-14H,(H,26,27). The molecule has 0 unspecified atom stereocenters. The minimum Gasteiger partial charge on any atom is -0.320 e. The Bertz CT molecular complexity index is 1310. The minimum absolute atomic E-state index is 0.105. The highest BCUT2D eigenvalue weighted by Gasteiger charge is 2.16. The molecule has 5 rings (SSSR count). The van der Waals surface area contributed by atoms with Crippen molar-refractivity contribution in [2.24, 2.45) is 0 Å². The summed E-state index contributed by atoms with van der Waals surface area (Å²) >= 11 is 4.58. The Labute approximate surface area is 185 Å². The first-order valence-electron chi connectivity index (χ1n) is 9.19. The van der Waals surface area contributed by atoms with Crippen LogP contribution < -0.4 is 5.32 Å². The van der Waals surface area contributed by atoms with E-state index in [1.165, 1.54) is 11.3 Å². The maximum atomic E-state index is 12.6. The van der Waals surface area contributed by atoms with Gasteiger partial charge in [0.15, 0.2) is 0 Å². The fourth-order valence-corrected chi connectivity index (χ4v) is 5.70. The van der Waals surface area contributed by atoms with E-state index in [-0.39, 0.29) is 5.91 Å². The van der Waals surface area contributed by atoms with Crippen LogP contribution in [0.4, 0.5) is 5.69 Å². The third kappa shape index (κ3) is 3.75. The van der Waals surface area contributed by atoms with Crippen molar-refractivity contribution in [3.63, 3.8) is 0 Å². The number of amides is 1. The van der Waals surface area contributed by atoms with Crippen molar-refractivity contribution < 1.29 is 4.79 Å². The molecule has 30 heavy (non-hydrogen) atoms. The molecule has 0 bridgehead atoms. The minimum atomic E-state index is -0.105. The van der Waals surface area contributed by atoms with Gasteiger partial charge in [0.2, 0.25) is 0 Å². The number of aromatic nitrogens is 2. The maximum absolute atomic E-state index is 12.6. The summed E-state index contributed by atoms with van der Waals surface area (Å²) in [5.74, 6) is -0.105. The molecular formula is C23H15N3OS3. The average Bonchev–Trinajstić information content (AvgIpc) is 3.47. The molecule has 0 saturated heterocycles. The number of para-hydroxylation sites is 1. The van der Waals surface area contributed by atoms with E-state index in [1.807, 2.05) is 60.0 Å². The van der Waals surface area contributed by atoms with Crippen LogP contribution in [0.15, 0.2) is 93.7 Å². The predicted octanol–water partition coefficient (Wildman–Crippen LogP) is 6.82. The Morgan fingerprint density at radius 3 is 2.57 bits per heavy atom. The lowest BCUT2D eigenvalue weighted by atomic mass is 10.1. The Hall–Kier alpha value is -3.00. The van der Waals surface area contributed by atoms with E-state index in [2.05, 4.69) is 32.8 Å². The molecule has 0 saturated carbocycles. The van der Waals surface area contributed by atoms with Crippen LogP contribution in [0.3, 0.4) is 0 Å². The second-order valence-electron chi connectivity index (χ2n) is 6.40. The quantitative estimate of drug-likeness (QED) is 0.302. The molecule has 1 amide bonds. The van der Waals surface area contributed by atoms with E-state index in [0.29, 0.717) is 4.88 Å². The van der Waals surface area contributed by atoms with Crippen molar-refractivity contribution in [1.29, 1.82) is 0 Å².